The van der Waals surface area contributed by atoms with Crippen LogP contribution >= 0.6 is 11.8 Å². The number of carbonyl (C=O) groups excluding carboxylic acids is 3. The lowest BCUT2D eigenvalue weighted by Crippen LogP contribution is -2.45. The van der Waals surface area contributed by atoms with Crippen molar-refractivity contribution in [1.29, 1.82) is 0 Å². The van der Waals surface area contributed by atoms with E-state index in [1.807, 2.05) is 36.4 Å². The summed E-state index contributed by atoms with van der Waals surface area (Å²) in [4.78, 5) is 40.1. The van der Waals surface area contributed by atoms with Crippen LogP contribution in [-0.4, -0.2) is 46.5 Å². The van der Waals surface area contributed by atoms with Gasteiger partial charge in [0.05, 0.1) is 4.91 Å². The van der Waals surface area contributed by atoms with Gasteiger partial charge in [-0.1, -0.05) is 49.4 Å². The lowest BCUT2D eigenvalue weighted by Gasteiger charge is -2.31. The molecule has 3 rings (SSSR count). The van der Waals surface area contributed by atoms with E-state index in [-0.39, 0.29) is 17.7 Å². The standard InChI is InChI=1S/C20H22N2O3S/c1-15-10-12-21(13-11-15)18(23)14-22-19(24)17(26-20(22)25)9-5-8-16-6-3-2-4-7-16/h2-9,15H,10-14H2,1H3/b8-5+,17-9+. The summed E-state index contributed by atoms with van der Waals surface area (Å²) in [5.41, 5.74) is 1.01. The topological polar surface area (TPSA) is 57.7 Å². The van der Waals surface area contributed by atoms with E-state index < -0.39 is 5.91 Å². The van der Waals surface area contributed by atoms with Crippen molar-refractivity contribution in [3.05, 3.63) is 53.0 Å². The highest BCUT2D eigenvalue weighted by Crippen LogP contribution is 2.30. The fourth-order valence-electron chi connectivity index (χ4n) is 2.95. The van der Waals surface area contributed by atoms with Crippen molar-refractivity contribution < 1.29 is 14.4 Å². The maximum atomic E-state index is 12.4. The summed E-state index contributed by atoms with van der Waals surface area (Å²) in [5.74, 6) is 0.0762. The summed E-state index contributed by atoms with van der Waals surface area (Å²) >= 11 is 0.883. The number of imide groups is 1. The van der Waals surface area contributed by atoms with Gasteiger partial charge in [0.15, 0.2) is 0 Å². The highest BCUT2D eigenvalue weighted by atomic mass is 32.2. The Morgan fingerprint density at radius 2 is 1.88 bits per heavy atom. The summed E-state index contributed by atoms with van der Waals surface area (Å²) in [7, 11) is 0. The lowest BCUT2D eigenvalue weighted by atomic mass is 9.99. The third-order valence-electron chi connectivity index (χ3n) is 4.64. The predicted octanol–water partition coefficient (Wildman–Crippen LogP) is 3.54. The van der Waals surface area contributed by atoms with Gasteiger partial charge in [0, 0.05) is 13.1 Å². The molecular weight excluding hydrogens is 348 g/mol. The number of nitrogens with zero attached hydrogens (tertiary/aromatic N) is 2. The first-order valence-corrected chi connectivity index (χ1v) is 9.61. The normalized spacial score (nSPS) is 20.6. The third kappa shape index (κ3) is 4.43. The Hall–Kier alpha value is -2.34. The highest BCUT2D eigenvalue weighted by molar-refractivity contribution is 8.18. The molecule has 0 spiro atoms. The largest absolute Gasteiger partial charge is 0.341 e. The first-order valence-electron chi connectivity index (χ1n) is 8.79. The van der Waals surface area contributed by atoms with Gasteiger partial charge in [0.2, 0.25) is 5.91 Å². The van der Waals surface area contributed by atoms with Crippen LogP contribution in [0.4, 0.5) is 4.79 Å². The molecule has 0 N–H and O–H groups in total. The molecule has 6 heteroatoms. The molecule has 0 radical (unpaired) electrons. The number of carbonyl (C=O) groups is 3. The second-order valence-corrected chi connectivity index (χ2v) is 7.62. The molecule has 1 aromatic carbocycles. The van der Waals surface area contributed by atoms with E-state index in [0.29, 0.717) is 23.9 Å². The van der Waals surface area contributed by atoms with E-state index in [9.17, 15) is 14.4 Å². The number of hydrogen-bond acceptors (Lipinski definition) is 4. The lowest BCUT2D eigenvalue weighted by molar-refractivity contribution is -0.136. The average Bonchev–Trinajstić information content (AvgIpc) is 2.91. The fourth-order valence-corrected chi connectivity index (χ4v) is 3.74. The zero-order valence-electron chi connectivity index (χ0n) is 14.8. The Morgan fingerprint density at radius 3 is 2.58 bits per heavy atom. The van der Waals surface area contributed by atoms with Gasteiger partial charge in [-0.05, 0) is 42.2 Å². The van der Waals surface area contributed by atoms with Crippen LogP contribution in [0.1, 0.15) is 25.3 Å². The molecule has 26 heavy (non-hydrogen) atoms. The Kier molecular flexibility index (Phi) is 5.93. The summed E-state index contributed by atoms with van der Waals surface area (Å²) in [6, 6.07) is 9.70. The van der Waals surface area contributed by atoms with Gasteiger partial charge in [-0.2, -0.15) is 0 Å². The molecule has 2 aliphatic rings. The van der Waals surface area contributed by atoms with Crippen molar-refractivity contribution >= 4 is 34.9 Å². The minimum Gasteiger partial charge on any atom is -0.341 e. The van der Waals surface area contributed by atoms with Gasteiger partial charge in [-0.3, -0.25) is 19.3 Å². The molecule has 2 fully saturated rings. The maximum absolute atomic E-state index is 12.4. The summed E-state index contributed by atoms with van der Waals surface area (Å²) in [6.07, 6.45) is 7.19. The summed E-state index contributed by atoms with van der Waals surface area (Å²) < 4.78 is 0. The quantitative estimate of drug-likeness (QED) is 0.761. The van der Waals surface area contributed by atoms with E-state index in [1.54, 1.807) is 17.1 Å². The minimum absolute atomic E-state index is 0.153. The number of hydrogen-bond donors (Lipinski definition) is 0. The molecule has 0 bridgehead atoms. The molecule has 2 heterocycles. The molecule has 2 saturated heterocycles. The van der Waals surface area contributed by atoms with Crippen LogP contribution in [0, 0.1) is 5.92 Å². The van der Waals surface area contributed by atoms with Crippen LogP contribution in [0.5, 0.6) is 0 Å². The molecule has 2 aliphatic heterocycles. The number of benzene rings is 1. The van der Waals surface area contributed by atoms with E-state index in [0.717, 1.165) is 35.1 Å². The van der Waals surface area contributed by atoms with Crippen LogP contribution in [0.2, 0.25) is 0 Å². The monoisotopic (exact) mass is 370 g/mol. The van der Waals surface area contributed by atoms with E-state index in [1.165, 1.54) is 0 Å². The van der Waals surface area contributed by atoms with Gasteiger partial charge in [0.25, 0.3) is 11.1 Å². The molecule has 0 aliphatic carbocycles. The first-order chi connectivity index (χ1) is 12.5. The molecule has 3 amide bonds. The van der Waals surface area contributed by atoms with Gasteiger partial charge in [-0.25, -0.2) is 0 Å². The van der Waals surface area contributed by atoms with E-state index >= 15 is 0 Å². The Bertz CT molecular complexity index is 750. The van der Waals surface area contributed by atoms with Crippen LogP contribution in [0.3, 0.4) is 0 Å². The van der Waals surface area contributed by atoms with E-state index in [4.69, 9.17) is 0 Å². The van der Waals surface area contributed by atoms with Gasteiger partial charge >= 0.3 is 0 Å². The van der Waals surface area contributed by atoms with Crippen molar-refractivity contribution in [2.75, 3.05) is 19.6 Å². The molecule has 0 unspecified atom stereocenters. The number of thioether (sulfide) groups is 1. The number of piperidine rings is 1. The van der Waals surface area contributed by atoms with Crippen molar-refractivity contribution in [2.24, 2.45) is 5.92 Å². The summed E-state index contributed by atoms with van der Waals surface area (Å²) in [6.45, 7) is 3.41. The van der Waals surface area contributed by atoms with Crippen LogP contribution < -0.4 is 0 Å². The molecular formula is C20H22N2O3S. The predicted molar refractivity (Wildman–Crippen MR) is 103 cm³/mol. The smallest absolute Gasteiger partial charge is 0.294 e. The number of rotatable bonds is 4. The van der Waals surface area contributed by atoms with Crippen molar-refractivity contribution in [3.8, 4) is 0 Å². The highest BCUT2D eigenvalue weighted by Gasteiger charge is 2.37. The Balaban J connectivity index is 1.60. The molecule has 136 valence electrons. The minimum atomic E-state index is -0.392. The summed E-state index contributed by atoms with van der Waals surface area (Å²) in [5, 5.41) is -0.381. The van der Waals surface area contributed by atoms with Crippen LogP contribution in [0.25, 0.3) is 6.08 Å². The van der Waals surface area contributed by atoms with E-state index in [2.05, 4.69) is 6.92 Å². The molecule has 0 atom stereocenters. The second kappa shape index (κ2) is 8.36. The first kappa shape index (κ1) is 18.5. The van der Waals surface area contributed by atoms with Gasteiger partial charge < -0.3 is 4.90 Å². The zero-order valence-corrected chi connectivity index (χ0v) is 15.6. The fraction of sp³-hybridized carbons (Fsp3) is 0.350. The molecule has 0 aromatic heterocycles. The maximum Gasteiger partial charge on any atom is 0.294 e. The average molecular weight is 370 g/mol. The van der Waals surface area contributed by atoms with Gasteiger partial charge in [-0.15, -0.1) is 0 Å². The second-order valence-electron chi connectivity index (χ2n) is 6.62. The Morgan fingerprint density at radius 1 is 1.19 bits per heavy atom. The van der Waals surface area contributed by atoms with Crippen LogP contribution in [0.15, 0.2) is 47.4 Å². The molecule has 0 saturated carbocycles. The molecule has 5 nitrogen and oxygen atoms in total. The van der Waals surface area contributed by atoms with Gasteiger partial charge in [0.1, 0.15) is 6.54 Å². The van der Waals surface area contributed by atoms with Crippen molar-refractivity contribution in [2.45, 2.75) is 19.8 Å². The Labute approximate surface area is 157 Å². The SMILES string of the molecule is CC1CCN(C(=O)CN2C(=O)S/C(=C/C=C/c3ccccc3)C2=O)CC1. The third-order valence-corrected chi connectivity index (χ3v) is 5.56. The van der Waals surface area contributed by atoms with Crippen LogP contribution in [-0.2, 0) is 9.59 Å². The number of allylic oxidation sites excluding steroid dienone is 2. The van der Waals surface area contributed by atoms with Crippen molar-refractivity contribution in [3.63, 3.8) is 0 Å². The van der Waals surface area contributed by atoms with Crippen molar-refractivity contribution in [1.82, 2.24) is 9.80 Å². The molecule has 1 aromatic rings. The number of likely N-dealkylation sites (tertiary alicyclic amines) is 1. The zero-order chi connectivity index (χ0) is 18.5. The number of amides is 3.